The van der Waals surface area contributed by atoms with Gasteiger partial charge in [-0.1, -0.05) is 19.8 Å². The number of thiazole rings is 1. The number of nitrogens with two attached hydrogens (primary N) is 1. The quantitative estimate of drug-likeness (QED) is 0.910. The van der Waals surface area contributed by atoms with Gasteiger partial charge >= 0.3 is 0 Å². The summed E-state index contributed by atoms with van der Waals surface area (Å²) in [6, 6.07) is 0. The summed E-state index contributed by atoms with van der Waals surface area (Å²) in [4.78, 5) is 18.2. The minimum absolute atomic E-state index is 0.190. The number of nitrogen functional groups attached to an aromatic ring is 1. The first-order chi connectivity index (χ1) is 8.69. The van der Waals surface area contributed by atoms with Crippen molar-refractivity contribution in [1.82, 2.24) is 9.88 Å². The molecule has 1 aromatic heterocycles. The third-order valence-corrected chi connectivity index (χ3v) is 4.29. The van der Waals surface area contributed by atoms with Crippen molar-refractivity contribution in [1.29, 1.82) is 0 Å². The molecule has 4 nitrogen and oxygen atoms in total. The first-order valence-corrected chi connectivity index (χ1v) is 7.54. The van der Waals surface area contributed by atoms with E-state index in [1.54, 1.807) is 0 Å². The van der Waals surface area contributed by atoms with Gasteiger partial charge in [-0.25, -0.2) is 4.98 Å². The molecule has 1 aliphatic rings. The largest absolute Gasteiger partial charge is 0.375 e. The summed E-state index contributed by atoms with van der Waals surface area (Å²) in [6.07, 6.45) is 5.24. The Balaban J connectivity index is 1.80. The Hall–Kier alpha value is -1.10. The van der Waals surface area contributed by atoms with Gasteiger partial charge in [0.05, 0.1) is 12.1 Å². The number of piperidine rings is 1. The van der Waals surface area contributed by atoms with Crippen LogP contribution in [0, 0.1) is 5.92 Å². The molecule has 0 spiro atoms. The Labute approximate surface area is 112 Å². The molecule has 1 aromatic rings. The van der Waals surface area contributed by atoms with Gasteiger partial charge in [-0.05, 0) is 18.8 Å². The highest BCUT2D eigenvalue weighted by Crippen LogP contribution is 2.22. The van der Waals surface area contributed by atoms with E-state index in [4.69, 9.17) is 5.73 Å². The highest BCUT2D eigenvalue weighted by atomic mass is 32.1. The Morgan fingerprint density at radius 3 is 2.83 bits per heavy atom. The number of nitrogens with zero attached hydrogens (tertiary/aromatic N) is 2. The Morgan fingerprint density at radius 2 is 2.28 bits per heavy atom. The maximum atomic E-state index is 12.1. The number of hydrogen-bond donors (Lipinski definition) is 1. The van der Waals surface area contributed by atoms with Crippen molar-refractivity contribution < 1.29 is 4.79 Å². The summed E-state index contributed by atoms with van der Waals surface area (Å²) < 4.78 is 0. The SMILES string of the molecule is CCCC1CCN(C(=O)Cc2csc(N)n2)CC1. The summed E-state index contributed by atoms with van der Waals surface area (Å²) in [7, 11) is 0. The van der Waals surface area contributed by atoms with Crippen molar-refractivity contribution in [3.8, 4) is 0 Å². The highest BCUT2D eigenvalue weighted by molar-refractivity contribution is 7.13. The standard InChI is InChI=1S/C13H21N3OS/c1-2-3-10-4-6-16(7-5-10)12(17)8-11-9-18-13(14)15-11/h9-10H,2-8H2,1H3,(H2,14,15). The molecule has 0 atom stereocenters. The zero-order valence-electron chi connectivity index (χ0n) is 10.9. The molecule has 100 valence electrons. The van der Waals surface area contributed by atoms with Crippen LogP contribution in [-0.4, -0.2) is 28.9 Å². The van der Waals surface area contributed by atoms with Crippen LogP contribution in [-0.2, 0) is 11.2 Å². The van der Waals surface area contributed by atoms with Crippen molar-refractivity contribution >= 4 is 22.4 Å². The topological polar surface area (TPSA) is 59.2 Å². The maximum absolute atomic E-state index is 12.1. The lowest BCUT2D eigenvalue weighted by Gasteiger charge is -2.31. The van der Waals surface area contributed by atoms with Crippen molar-refractivity contribution in [3.05, 3.63) is 11.1 Å². The van der Waals surface area contributed by atoms with Crippen LogP contribution in [0.3, 0.4) is 0 Å². The van der Waals surface area contributed by atoms with E-state index < -0.39 is 0 Å². The molecule has 2 N–H and O–H groups in total. The van der Waals surface area contributed by atoms with Crippen LogP contribution < -0.4 is 5.73 Å². The molecule has 0 aliphatic carbocycles. The number of rotatable bonds is 4. The number of carbonyl (C=O) groups excluding carboxylic acids is 1. The van der Waals surface area contributed by atoms with Crippen LogP contribution in [0.15, 0.2) is 5.38 Å². The molecular formula is C13H21N3OS. The lowest BCUT2D eigenvalue weighted by Crippen LogP contribution is -2.39. The Morgan fingerprint density at radius 1 is 1.56 bits per heavy atom. The van der Waals surface area contributed by atoms with Gasteiger partial charge < -0.3 is 10.6 Å². The minimum atomic E-state index is 0.190. The van der Waals surface area contributed by atoms with Gasteiger partial charge in [-0.2, -0.15) is 0 Å². The number of anilines is 1. The number of amides is 1. The van der Waals surface area contributed by atoms with Gasteiger partial charge in [0.2, 0.25) is 5.91 Å². The summed E-state index contributed by atoms with van der Waals surface area (Å²) in [6.45, 7) is 4.04. The molecule has 2 heterocycles. The van der Waals surface area contributed by atoms with Crippen LogP contribution in [0.2, 0.25) is 0 Å². The van der Waals surface area contributed by atoms with Gasteiger partial charge in [-0.15, -0.1) is 11.3 Å². The fraction of sp³-hybridized carbons (Fsp3) is 0.692. The van der Waals surface area contributed by atoms with E-state index in [1.807, 2.05) is 10.3 Å². The Bertz CT molecular complexity index is 397. The number of aromatic nitrogens is 1. The predicted molar refractivity (Wildman–Crippen MR) is 74.4 cm³/mol. The second kappa shape index (κ2) is 6.18. The molecule has 18 heavy (non-hydrogen) atoms. The van der Waals surface area contributed by atoms with Gasteiger partial charge in [0, 0.05) is 18.5 Å². The lowest BCUT2D eigenvalue weighted by molar-refractivity contribution is -0.131. The molecule has 0 saturated carbocycles. The molecule has 2 rings (SSSR count). The maximum Gasteiger partial charge on any atom is 0.228 e. The summed E-state index contributed by atoms with van der Waals surface area (Å²) in [5, 5.41) is 2.41. The second-order valence-corrected chi connectivity index (χ2v) is 5.86. The Kier molecular flexibility index (Phi) is 4.58. The van der Waals surface area contributed by atoms with Crippen molar-refractivity contribution in [3.63, 3.8) is 0 Å². The van der Waals surface area contributed by atoms with Crippen LogP contribution >= 0.6 is 11.3 Å². The summed E-state index contributed by atoms with van der Waals surface area (Å²) in [5.41, 5.74) is 6.37. The molecule has 5 heteroatoms. The van der Waals surface area contributed by atoms with Gasteiger partial charge in [0.1, 0.15) is 0 Å². The van der Waals surface area contributed by atoms with E-state index in [0.717, 1.165) is 37.5 Å². The molecule has 1 amide bonds. The van der Waals surface area contributed by atoms with E-state index in [0.29, 0.717) is 11.6 Å². The van der Waals surface area contributed by atoms with Crippen LogP contribution in [0.4, 0.5) is 5.13 Å². The van der Waals surface area contributed by atoms with Crippen LogP contribution in [0.1, 0.15) is 38.3 Å². The van der Waals surface area contributed by atoms with Gasteiger partial charge in [0.15, 0.2) is 5.13 Å². The van der Waals surface area contributed by atoms with E-state index >= 15 is 0 Å². The summed E-state index contributed by atoms with van der Waals surface area (Å²) in [5.74, 6) is 1.00. The highest BCUT2D eigenvalue weighted by Gasteiger charge is 2.22. The zero-order valence-corrected chi connectivity index (χ0v) is 11.7. The second-order valence-electron chi connectivity index (χ2n) is 4.97. The van der Waals surface area contributed by atoms with Crippen LogP contribution in [0.25, 0.3) is 0 Å². The van der Waals surface area contributed by atoms with Gasteiger partial charge in [0.25, 0.3) is 0 Å². The molecule has 1 fully saturated rings. The fourth-order valence-corrected chi connectivity index (χ4v) is 3.11. The predicted octanol–water partition coefficient (Wildman–Crippen LogP) is 2.31. The fourth-order valence-electron chi connectivity index (χ4n) is 2.55. The minimum Gasteiger partial charge on any atom is -0.375 e. The van der Waals surface area contributed by atoms with E-state index in [1.165, 1.54) is 24.2 Å². The van der Waals surface area contributed by atoms with Crippen molar-refractivity contribution in [2.45, 2.75) is 39.0 Å². The first kappa shape index (κ1) is 13.3. The molecule has 1 saturated heterocycles. The average molecular weight is 267 g/mol. The van der Waals surface area contributed by atoms with Crippen molar-refractivity contribution in [2.24, 2.45) is 5.92 Å². The number of carbonyl (C=O) groups is 1. The molecule has 1 aliphatic heterocycles. The zero-order chi connectivity index (χ0) is 13.0. The molecule has 0 radical (unpaired) electrons. The van der Waals surface area contributed by atoms with Crippen molar-refractivity contribution in [2.75, 3.05) is 18.8 Å². The lowest BCUT2D eigenvalue weighted by atomic mass is 9.92. The number of likely N-dealkylation sites (tertiary alicyclic amines) is 1. The third-order valence-electron chi connectivity index (χ3n) is 3.57. The molecule has 0 bridgehead atoms. The third kappa shape index (κ3) is 3.45. The molecule has 0 unspecified atom stereocenters. The van der Waals surface area contributed by atoms with E-state index in [9.17, 15) is 4.79 Å². The van der Waals surface area contributed by atoms with Crippen LogP contribution in [0.5, 0.6) is 0 Å². The van der Waals surface area contributed by atoms with E-state index in [2.05, 4.69) is 11.9 Å². The van der Waals surface area contributed by atoms with Gasteiger partial charge in [-0.3, -0.25) is 4.79 Å². The normalized spacial score (nSPS) is 17.1. The molecule has 0 aromatic carbocycles. The van der Waals surface area contributed by atoms with E-state index in [-0.39, 0.29) is 5.91 Å². The first-order valence-electron chi connectivity index (χ1n) is 6.66. The smallest absolute Gasteiger partial charge is 0.228 e. The molecular weight excluding hydrogens is 246 g/mol. The average Bonchev–Trinajstić information content (AvgIpc) is 2.76. The monoisotopic (exact) mass is 267 g/mol. The summed E-state index contributed by atoms with van der Waals surface area (Å²) >= 11 is 1.40. The number of hydrogen-bond acceptors (Lipinski definition) is 4.